The molecule has 0 unspecified atom stereocenters. The standard InChI is InChI=1S/C29H28N2O7/c1-17-22-15-25(35-2)23(32)12-19(22)10-11-31(17)16-24(33)18-6-8-21(9-7-18)30-29(34)20-13-26(36-3)28(38-5)27(14-20)37-4/h6-15H,16H2,1-5H3,(H,30,33,34)/p+1. The molecule has 0 atom stereocenters. The highest BCUT2D eigenvalue weighted by atomic mass is 16.5. The molecular formula is C29H29N2O7+. The smallest absolute Gasteiger partial charge is 0.255 e. The topological polar surface area (TPSA) is 107 Å². The first-order valence-corrected chi connectivity index (χ1v) is 11.7. The number of anilines is 1. The monoisotopic (exact) mass is 517 g/mol. The van der Waals surface area contributed by atoms with Gasteiger partial charge in [-0.3, -0.25) is 9.59 Å². The molecule has 196 valence electrons. The van der Waals surface area contributed by atoms with Crippen molar-refractivity contribution in [3.05, 3.63) is 77.6 Å². The Bertz CT molecular complexity index is 1490. The Balaban J connectivity index is 1.50. The van der Waals surface area contributed by atoms with Gasteiger partial charge in [-0.2, -0.15) is 4.57 Å². The van der Waals surface area contributed by atoms with Crippen molar-refractivity contribution in [1.82, 2.24) is 0 Å². The average molecular weight is 518 g/mol. The maximum Gasteiger partial charge on any atom is 0.255 e. The summed E-state index contributed by atoms with van der Waals surface area (Å²) in [5, 5.41) is 14.6. The molecule has 0 fully saturated rings. The van der Waals surface area contributed by atoms with E-state index >= 15 is 0 Å². The van der Waals surface area contributed by atoms with Crippen LogP contribution in [0.15, 0.2) is 60.8 Å². The van der Waals surface area contributed by atoms with E-state index in [0.717, 1.165) is 16.5 Å². The third-order valence-corrected chi connectivity index (χ3v) is 6.31. The molecule has 2 N–H and O–H groups in total. The third kappa shape index (κ3) is 5.17. The van der Waals surface area contributed by atoms with Crippen LogP contribution >= 0.6 is 0 Å². The van der Waals surface area contributed by atoms with Crippen molar-refractivity contribution in [3.63, 3.8) is 0 Å². The van der Waals surface area contributed by atoms with Gasteiger partial charge in [0.1, 0.15) is 0 Å². The van der Waals surface area contributed by atoms with Crippen LogP contribution in [0, 0.1) is 6.92 Å². The van der Waals surface area contributed by atoms with Gasteiger partial charge in [0.25, 0.3) is 5.91 Å². The zero-order valence-electron chi connectivity index (χ0n) is 21.8. The number of benzene rings is 3. The number of nitrogens with zero attached hydrogens (tertiary/aromatic N) is 1. The highest BCUT2D eigenvalue weighted by molar-refractivity contribution is 6.05. The van der Waals surface area contributed by atoms with Crippen molar-refractivity contribution in [2.75, 3.05) is 33.8 Å². The summed E-state index contributed by atoms with van der Waals surface area (Å²) < 4.78 is 23.0. The maximum atomic E-state index is 13.0. The molecule has 0 aliphatic heterocycles. The summed E-state index contributed by atoms with van der Waals surface area (Å²) >= 11 is 0. The fourth-order valence-electron chi connectivity index (χ4n) is 4.21. The number of hydrogen-bond donors (Lipinski definition) is 2. The minimum absolute atomic E-state index is 0.0608. The molecule has 0 saturated heterocycles. The minimum Gasteiger partial charge on any atom is -0.504 e. The van der Waals surface area contributed by atoms with Gasteiger partial charge in [0.05, 0.1) is 33.8 Å². The van der Waals surface area contributed by atoms with E-state index in [0.29, 0.717) is 39.8 Å². The SMILES string of the molecule is COc1cc2c(C)[n+](CC(=O)c3ccc(NC(=O)c4cc(OC)c(OC)c(OC)c4)cc3)ccc2cc1O. The van der Waals surface area contributed by atoms with Crippen molar-refractivity contribution in [3.8, 4) is 28.7 Å². The Labute approximate surface area is 220 Å². The van der Waals surface area contributed by atoms with Crippen molar-refractivity contribution in [2.45, 2.75) is 13.5 Å². The summed E-state index contributed by atoms with van der Waals surface area (Å²) in [6, 6.07) is 15.1. The van der Waals surface area contributed by atoms with Gasteiger partial charge >= 0.3 is 0 Å². The predicted molar refractivity (Wildman–Crippen MR) is 142 cm³/mol. The molecule has 9 heteroatoms. The number of phenols is 1. The molecule has 3 aromatic carbocycles. The number of aromatic nitrogens is 1. The predicted octanol–water partition coefficient (Wildman–Crippen LogP) is 4.31. The molecule has 0 spiro atoms. The molecule has 0 bridgehead atoms. The molecule has 4 aromatic rings. The second-order valence-electron chi connectivity index (χ2n) is 8.51. The zero-order chi connectivity index (χ0) is 27.4. The van der Waals surface area contributed by atoms with E-state index in [4.69, 9.17) is 18.9 Å². The first-order valence-electron chi connectivity index (χ1n) is 11.7. The number of ether oxygens (including phenoxy) is 4. The molecule has 4 rings (SSSR count). The average Bonchev–Trinajstić information content (AvgIpc) is 2.93. The van der Waals surface area contributed by atoms with Crippen LogP contribution in [-0.4, -0.2) is 45.2 Å². The number of aryl methyl sites for hydroxylation is 1. The van der Waals surface area contributed by atoms with Gasteiger partial charge in [-0.05, 0) is 53.9 Å². The molecule has 0 aliphatic carbocycles. The maximum absolute atomic E-state index is 13.0. The molecule has 1 amide bonds. The lowest BCUT2D eigenvalue weighted by Gasteiger charge is -2.14. The number of fused-ring (bicyclic) bond motifs is 1. The lowest BCUT2D eigenvalue weighted by Crippen LogP contribution is -2.40. The molecule has 1 aromatic heterocycles. The lowest BCUT2D eigenvalue weighted by molar-refractivity contribution is -0.687. The van der Waals surface area contributed by atoms with Crippen LogP contribution in [0.4, 0.5) is 5.69 Å². The fraction of sp³-hybridized carbons (Fsp3) is 0.207. The van der Waals surface area contributed by atoms with Gasteiger partial charge in [0, 0.05) is 29.8 Å². The molecule has 0 saturated carbocycles. The van der Waals surface area contributed by atoms with Crippen LogP contribution in [0.3, 0.4) is 0 Å². The number of phenolic OH excluding ortho intramolecular Hbond substituents is 1. The number of hydrogen-bond acceptors (Lipinski definition) is 7. The number of rotatable bonds is 9. The van der Waals surface area contributed by atoms with E-state index < -0.39 is 0 Å². The normalized spacial score (nSPS) is 10.7. The minimum atomic E-state index is -0.368. The number of carbonyl (C=O) groups excluding carboxylic acids is 2. The van der Waals surface area contributed by atoms with E-state index in [1.165, 1.54) is 28.4 Å². The number of aromatic hydroxyl groups is 1. The van der Waals surface area contributed by atoms with E-state index in [-0.39, 0.29) is 24.0 Å². The van der Waals surface area contributed by atoms with Crippen molar-refractivity contribution >= 4 is 28.2 Å². The number of ketones is 1. The molecule has 1 heterocycles. The second-order valence-corrected chi connectivity index (χ2v) is 8.51. The first kappa shape index (κ1) is 26.3. The Morgan fingerprint density at radius 3 is 2.03 bits per heavy atom. The number of nitrogens with one attached hydrogen (secondary N) is 1. The lowest BCUT2D eigenvalue weighted by atomic mass is 10.1. The highest BCUT2D eigenvalue weighted by Gasteiger charge is 2.20. The van der Waals surface area contributed by atoms with Gasteiger partial charge in [-0.25, -0.2) is 0 Å². The second kappa shape index (κ2) is 11.1. The summed E-state index contributed by atoms with van der Waals surface area (Å²) in [7, 11) is 5.95. The van der Waals surface area contributed by atoms with Gasteiger partial charge in [-0.1, -0.05) is 0 Å². The molecule has 9 nitrogen and oxygen atoms in total. The highest BCUT2D eigenvalue weighted by Crippen LogP contribution is 2.38. The van der Waals surface area contributed by atoms with E-state index in [9.17, 15) is 14.7 Å². The Morgan fingerprint density at radius 2 is 1.45 bits per heavy atom. The van der Waals surface area contributed by atoms with Crippen molar-refractivity contribution < 1.29 is 38.2 Å². The Hall–Kier alpha value is -4.79. The number of amides is 1. The quantitative estimate of drug-likeness (QED) is 0.252. The summed E-state index contributed by atoms with van der Waals surface area (Å²) in [6.45, 7) is 2.04. The molecule has 38 heavy (non-hydrogen) atoms. The Morgan fingerprint density at radius 1 is 0.816 bits per heavy atom. The number of carbonyl (C=O) groups is 2. The van der Waals surface area contributed by atoms with Crippen LogP contribution in [0.2, 0.25) is 0 Å². The van der Waals surface area contributed by atoms with Crippen LogP contribution in [-0.2, 0) is 6.54 Å². The Kier molecular flexibility index (Phi) is 7.66. The van der Waals surface area contributed by atoms with E-state index in [2.05, 4.69) is 5.32 Å². The van der Waals surface area contributed by atoms with Gasteiger partial charge in [0.2, 0.25) is 18.1 Å². The summed E-state index contributed by atoms with van der Waals surface area (Å²) in [6.07, 6.45) is 1.81. The van der Waals surface area contributed by atoms with Crippen molar-refractivity contribution in [1.29, 1.82) is 0 Å². The summed E-state index contributed by atoms with van der Waals surface area (Å²) in [5.41, 5.74) is 2.23. The molecule has 0 radical (unpaired) electrons. The molecular weight excluding hydrogens is 488 g/mol. The van der Waals surface area contributed by atoms with Crippen LogP contribution < -0.4 is 28.8 Å². The van der Waals surface area contributed by atoms with Crippen LogP contribution in [0.1, 0.15) is 26.4 Å². The first-order chi connectivity index (χ1) is 18.3. The molecule has 0 aliphatic rings. The van der Waals surface area contributed by atoms with Crippen LogP contribution in [0.25, 0.3) is 10.8 Å². The van der Waals surface area contributed by atoms with Gasteiger partial charge in [-0.15, -0.1) is 0 Å². The summed E-state index contributed by atoms with van der Waals surface area (Å²) in [4.78, 5) is 25.9. The van der Waals surface area contributed by atoms with E-state index in [1.807, 2.05) is 23.8 Å². The largest absolute Gasteiger partial charge is 0.504 e. The number of methoxy groups -OCH3 is 4. The summed E-state index contributed by atoms with van der Waals surface area (Å²) in [5.74, 6) is 1.10. The number of Topliss-reactive ketones (excluding diaryl/α,β-unsaturated/α-hetero) is 1. The van der Waals surface area contributed by atoms with E-state index in [1.54, 1.807) is 48.5 Å². The van der Waals surface area contributed by atoms with Gasteiger partial charge < -0.3 is 29.4 Å². The van der Waals surface area contributed by atoms with Gasteiger partial charge in [0.15, 0.2) is 34.9 Å². The zero-order valence-corrected chi connectivity index (χ0v) is 21.8. The number of pyridine rings is 1. The van der Waals surface area contributed by atoms with Crippen molar-refractivity contribution in [2.24, 2.45) is 0 Å². The third-order valence-electron chi connectivity index (χ3n) is 6.31. The fourth-order valence-corrected chi connectivity index (χ4v) is 4.21. The van der Waals surface area contributed by atoms with Crippen LogP contribution in [0.5, 0.6) is 28.7 Å².